The molecule has 0 aromatic carbocycles. The zero-order chi connectivity index (χ0) is 14.8. The highest BCUT2D eigenvalue weighted by Gasteiger charge is 2.35. The number of hydrogen-bond acceptors (Lipinski definition) is 3. The number of hydrogen-bond donors (Lipinski definition) is 0. The molecule has 20 heavy (non-hydrogen) atoms. The number of rotatable bonds is 1. The molecule has 1 heterocycles. The number of piperazine rings is 1. The van der Waals surface area contributed by atoms with Crippen LogP contribution in [0.4, 0.5) is 4.79 Å². The molecule has 0 radical (unpaired) electrons. The van der Waals surface area contributed by atoms with E-state index < -0.39 is 5.60 Å². The minimum Gasteiger partial charge on any atom is -0.444 e. The average molecular weight is 279 g/mol. The van der Waals surface area contributed by atoms with E-state index >= 15 is 0 Å². The molecule has 5 nitrogen and oxygen atoms in total. The molecular weight excluding hydrogens is 254 g/mol. The lowest BCUT2D eigenvalue weighted by molar-refractivity contribution is 0.0106. The minimum absolute atomic E-state index is 0.206. The van der Waals surface area contributed by atoms with Crippen LogP contribution in [-0.4, -0.2) is 59.8 Å². The Morgan fingerprint density at radius 1 is 1.20 bits per heavy atom. The van der Waals surface area contributed by atoms with E-state index in [4.69, 9.17) is 11.3 Å². The first-order chi connectivity index (χ1) is 9.39. The fraction of sp³-hybridized carbons (Fsp3) is 0.867. The van der Waals surface area contributed by atoms with Crippen LogP contribution < -0.4 is 0 Å². The molecule has 2 rings (SSSR count). The Bertz CT molecular complexity index is 389. The molecule has 0 N–H and O–H groups in total. The third kappa shape index (κ3) is 3.86. The largest absolute Gasteiger partial charge is 0.444 e. The molecule has 1 saturated heterocycles. The minimum atomic E-state index is -0.428. The maximum absolute atomic E-state index is 12.0. The van der Waals surface area contributed by atoms with Gasteiger partial charge in [-0.2, -0.15) is 0 Å². The van der Waals surface area contributed by atoms with Crippen molar-refractivity contribution in [3.8, 4) is 0 Å². The number of ether oxygens (including phenoxy) is 1. The maximum atomic E-state index is 12.0. The third-order valence-corrected chi connectivity index (χ3v) is 4.04. The van der Waals surface area contributed by atoms with Crippen LogP contribution in [0.3, 0.4) is 0 Å². The summed E-state index contributed by atoms with van der Waals surface area (Å²) in [6, 6.07) is 0.749. The van der Waals surface area contributed by atoms with Crippen molar-refractivity contribution >= 4 is 6.09 Å². The molecule has 1 aliphatic heterocycles. The van der Waals surface area contributed by atoms with Gasteiger partial charge < -0.3 is 14.5 Å². The standard InChI is InChI=1S/C15H25N3O2/c1-15(2,3)20-14(19)18-9-7-17(8-10-18)13-6-5-12(11-13)16-4/h12-13H,5-11H2,1-3H3/t12?,13-/m1/s1. The highest BCUT2D eigenvalue weighted by atomic mass is 16.6. The lowest BCUT2D eigenvalue weighted by Gasteiger charge is -2.38. The predicted molar refractivity (Wildman–Crippen MR) is 77.4 cm³/mol. The Morgan fingerprint density at radius 2 is 1.85 bits per heavy atom. The SMILES string of the molecule is [C-]#[N+]C1CC[C@@H](N2CCN(C(=O)OC(C)(C)C)CC2)C1. The van der Waals surface area contributed by atoms with Crippen LogP contribution >= 0.6 is 0 Å². The Labute approximate surface area is 121 Å². The highest BCUT2D eigenvalue weighted by Crippen LogP contribution is 2.27. The molecule has 1 saturated carbocycles. The number of amides is 1. The van der Waals surface area contributed by atoms with Gasteiger partial charge in [-0.3, -0.25) is 4.90 Å². The third-order valence-electron chi connectivity index (χ3n) is 4.04. The molecular formula is C15H25N3O2. The topological polar surface area (TPSA) is 37.1 Å². The van der Waals surface area contributed by atoms with Crippen LogP contribution in [-0.2, 0) is 4.74 Å². The molecule has 2 aliphatic rings. The summed E-state index contributed by atoms with van der Waals surface area (Å²) in [5.74, 6) is 0. The van der Waals surface area contributed by atoms with E-state index in [2.05, 4.69) is 9.74 Å². The van der Waals surface area contributed by atoms with Crippen molar-refractivity contribution < 1.29 is 9.53 Å². The van der Waals surface area contributed by atoms with Crippen LogP contribution in [0.15, 0.2) is 0 Å². The zero-order valence-corrected chi connectivity index (χ0v) is 12.8. The van der Waals surface area contributed by atoms with Gasteiger partial charge in [0.15, 0.2) is 0 Å². The molecule has 1 unspecified atom stereocenters. The first-order valence-corrected chi connectivity index (χ1v) is 7.47. The normalized spacial score (nSPS) is 28.2. The van der Waals surface area contributed by atoms with Gasteiger partial charge in [0.2, 0.25) is 6.04 Å². The summed E-state index contributed by atoms with van der Waals surface area (Å²) < 4.78 is 5.40. The fourth-order valence-corrected chi connectivity index (χ4v) is 2.98. The van der Waals surface area contributed by atoms with E-state index in [-0.39, 0.29) is 12.1 Å². The van der Waals surface area contributed by atoms with Gasteiger partial charge in [-0.05, 0) is 27.2 Å². The van der Waals surface area contributed by atoms with Crippen LogP contribution in [0, 0.1) is 6.57 Å². The van der Waals surface area contributed by atoms with Crippen molar-refractivity contribution in [3.63, 3.8) is 0 Å². The van der Waals surface area contributed by atoms with E-state index in [0.717, 1.165) is 45.4 Å². The smallest absolute Gasteiger partial charge is 0.410 e. The summed E-state index contributed by atoms with van der Waals surface area (Å²) in [5.41, 5.74) is -0.428. The lowest BCUT2D eigenvalue weighted by Crippen LogP contribution is -2.52. The van der Waals surface area contributed by atoms with Crippen LogP contribution in [0.2, 0.25) is 0 Å². The Hall–Kier alpha value is -1.28. The summed E-state index contributed by atoms with van der Waals surface area (Å²) in [4.78, 5) is 19.9. The van der Waals surface area contributed by atoms with Gasteiger partial charge >= 0.3 is 6.09 Å². The molecule has 5 heteroatoms. The monoisotopic (exact) mass is 279 g/mol. The van der Waals surface area contributed by atoms with Gasteiger partial charge in [-0.25, -0.2) is 11.4 Å². The van der Waals surface area contributed by atoms with Crippen LogP contribution in [0.1, 0.15) is 40.0 Å². The van der Waals surface area contributed by atoms with Crippen molar-refractivity contribution in [1.82, 2.24) is 9.80 Å². The molecule has 1 amide bonds. The Balaban J connectivity index is 1.78. The van der Waals surface area contributed by atoms with Gasteiger partial charge in [0, 0.05) is 45.1 Å². The summed E-state index contributed by atoms with van der Waals surface area (Å²) in [6.07, 6.45) is 2.94. The van der Waals surface area contributed by atoms with E-state index in [0.29, 0.717) is 6.04 Å². The molecule has 1 aliphatic carbocycles. The van der Waals surface area contributed by atoms with Crippen molar-refractivity contribution in [2.24, 2.45) is 0 Å². The number of carbonyl (C=O) groups excluding carboxylic acids is 1. The van der Waals surface area contributed by atoms with Gasteiger partial charge in [0.25, 0.3) is 0 Å². The van der Waals surface area contributed by atoms with Crippen LogP contribution in [0.25, 0.3) is 4.85 Å². The van der Waals surface area contributed by atoms with E-state index in [1.165, 1.54) is 0 Å². The van der Waals surface area contributed by atoms with E-state index in [1.807, 2.05) is 20.8 Å². The van der Waals surface area contributed by atoms with Gasteiger partial charge in [0.1, 0.15) is 5.60 Å². The zero-order valence-electron chi connectivity index (χ0n) is 12.8. The summed E-state index contributed by atoms with van der Waals surface area (Å²) in [7, 11) is 0. The van der Waals surface area contributed by atoms with E-state index in [9.17, 15) is 4.79 Å². The molecule has 2 fully saturated rings. The Morgan fingerprint density at radius 3 is 2.35 bits per heavy atom. The second-order valence-electron chi connectivity index (χ2n) is 6.75. The van der Waals surface area contributed by atoms with Crippen LogP contribution in [0.5, 0.6) is 0 Å². The molecule has 0 spiro atoms. The van der Waals surface area contributed by atoms with Crippen molar-refractivity contribution in [2.75, 3.05) is 26.2 Å². The highest BCUT2D eigenvalue weighted by molar-refractivity contribution is 5.68. The fourth-order valence-electron chi connectivity index (χ4n) is 2.98. The second-order valence-corrected chi connectivity index (χ2v) is 6.75. The number of nitrogens with zero attached hydrogens (tertiary/aromatic N) is 3. The summed E-state index contributed by atoms with van der Waals surface area (Å²) >= 11 is 0. The summed E-state index contributed by atoms with van der Waals surface area (Å²) in [5, 5.41) is 0. The quantitative estimate of drug-likeness (QED) is 0.692. The second kappa shape index (κ2) is 6.01. The molecule has 2 atom stereocenters. The molecule has 0 aromatic rings. The van der Waals surface area contributed by atoms with Crippen molar-refractivity contribution in [3.05, 3.63) is 11.4 Å². The van der Waals surface area contributed by atoms with E-state index in [1.54, 1.807) is 4.90 Å². The number of carbonyl (C=O) groups is 1. The van der Waals surface area contributed by atoms with Gasteiger partial charge in [-0.1, -0.05) is 0 Å². The first-order valence-electron chi connectivity index (χ1n) is 7.47. The molecule has 0 aromatic heterocycles. The van der Waals surface area contributed by atoms with Gasteiger partial charge in [0.05, 0.1) is 0 Å². The molecule has 0 bridgehead atoms. The Kier molecular flexibility index (Phi) is 4.54. The molecule has 112 valence electrons. The lowest BCUT2D eigenvalue weighted by atomic mass is 10.1. The predicted octanol–water partition coefficient (Wildman–Crippen LogP) is 2.38. The van der Waals surface area contributed by atoms with Crippen molar-refractivity contribution in [1.29, 1.82) is 0 Å². The first kappa shape index (κ1) is 15.1. The maximum Gasteiger partial charge on any atom is 0.410 e. The van der Waals surface area contributed by atoms with Crippen molar-refractivity contribution in [2.45, 2.75) is 57.7 Å². The summed E-state index contributed by atoms with van der Waals surface area (Å²) in [6.45, 7) is 16.0. The van der Waals surface area contributed by atoms with Gasteiger partial charge in [-0.15, -0.1) is 0 Å². The average Bonchev–Trinajstić information content (AvgIpc) is 2.85.